The van der Waals surface area contributed by atoms with E-state index in [0.29, 0.717) is 22.2 Å². The summed E-state index contributed by atoms with van der Waals surface area (Å²) in [5, 5.41) is 22.0. The van der Waals surface area contributed by atoms with Crippen molar-refractivity contribution in [3.05, 3.63) is 65.2 Å². The number of hydrogen-bond acceptors (Lipinski definition) is 6. The first kappa shape index (κ1) is 21.5. The van der Waals surface area contributed by atoms with Crippen LogP contribution < -0.4 is 10.6 Å². The topological polar surface area (TPSA) is 109 Å². The zero-order chi connectivity index (χ0) is 22.7. The predicted octanol–water partition coefficient (Wildman–Crippen LogP) is 3.61. The lowest BCUT2D eigenvalue weighted by Gasteiger charge is -2.11. The van der Waals surface area contributed by atoms with E-state index in [-0.39, 0.29) is 36.7 Å². The van der Waals surface area contributed by atoms with Crippen molar-refractivity contribution in [2.45, 2.75) is 19.9 Å². The quantitative estimate of drug-likeness (QED) is 0.374. The van der Waals surface area contributed by atoms with Crippen LogP contribution in [0.3, 0.4) is 0 Å². The van der Waals surface area contributed by atoms with Gasteiger partial charge >= 0.3 is 0 Å². The van der Waals surface area contributed by atoms with Gasteiger partial charge in [0.25, 0.3) is 11.8 Å². The third-order valence-corrected chi connectivity index (χ3v) is 5.79. The molecule has 4 aromatic rings. The molecule has 8 nitrogen and oxygen atoms in total. The molecule has 164 valence electrons. The van der Waals surface area contributed by atoms with Gasteiger partial charge in [-0.15, -0.1) is 11.3 Å². The van der Waals surface area contributed by atoms with Crippen molar-refractivity contribution in [2.24, 2.45) is 0 Å². The summed E-state index contributed by atoms with van der Waals surface area (Å²) >= 11 is 1.56. The molecule has 0 unspecified atom stereocenters. The maximum Gasteiger partial charge on any atom is 0.252 e. The van der Waals surface area contributed by atoms with Crippen LogP contribution in [-0.4, -0.2) is 44.8 Å². The van der Waals surface area contributed by atoms with Gasteiger partial charge in [-0.3, -0.25) is 9.59 Å². The molecule has 3 heterocycles. The van der Waals surface area contributed by atoms with Crippen LogP contribution in [0.15, 0.2) is 54.0 Å². The molecule has 0 saturated carbocycles. The fourth-order valence-corrected chi connectivity index (χ4v) is 3.98. The van der Waals surface area contributed by atoms with E-state index in [4.69, 9.17) is 4.98 Å². The Bertz CT molecular complexity index is 1250. The normalized spacial score (nSPS) is 11.1. The Balaban J connectivity index is 1.49. The fourth-order valence-electron chi connectivity index (χ4n) is 3.30. The van der Waals surface area contributed by atoms with Crippen LogP contribution in [0.25, 0.3) is 21.6 Å². The number of hydrogen-bond donors (Lipinski definition) is 3. The van der Waals surface area contributed by atoms with Crippen LogP contribution in [0.5, 0.6) is 5.75 Å². The second-order valence-electron chi connectivity index (χ2n) is 7.51. The minimum absolute atomic E-state index is 0.0974. The van der Waals surface area contributed by atoms with Gasteiger partial charge < -0.3 is 15.7 Å². The Kier molecular flexibility index (Phi) is 6.18. The average molecular weight is 450 g/mol. The van der Waals surface area contributed by atoms with Crippen molar-refractivity contribution in [3.8, 4) is 16.3 Å². The molecule has 0 aliphatic rings. The van der Waals surface area contributed by atoms with Gasteiger partial charge in [-0.05, 0) is 55.6 Å². The minimum Gasteiger partial charge on any atom is -0.508 e. The number of carbonyl (C=O) groups excluding carboxylic acids is 2. The van der Waals surface area contributed by atoms with E-state index < -0.39 is 0 Å². The minimum atomic E-state index is -0.274. The lowest BCUT2D eigenvalue weighted by molar-refractivity contribution is 0.0928. The molecule has 0 bridgehead atoms. The Hall–Kier alpha value is -3.72. The smallest absolute Gasteiger partial charge is 0.252 e. The number of carbonyl (C=O) groups is 2. The van der Waals surface area contributed by atoms with Crippen LogP contribution in [-0.2, 0) is 0 Å². The van der Waals surface area contributed by atoms with E-state index in [9.17, 15) is 14.7 Å². The molecule has 0 spiro atoms. The van der Waals surface area contributed by atoms with Gasteiger partial charge in [-0.25, -0.2) is 9.67 Å². The van der Waals surface area contributed by atoms with E-state index in [1.54, 1.807) is 28.3 Å². The molecule has 0 radical (unpaired) electrons. The van der Waals surface area contributed by atoms with Crippen molar-refractivity contribution in [1.82, 2.24) is 25.4 Å². The SMILES string of the molecule is CC(C)n1ncc2c(C(=O)NCCNC(=O)c3ccc(O)cc3)cc(-c3cccs3)nc21. The van der Waals surface area contributed by atoms with Crippen LogP contribution >= 0.6 is 11.3 Å². The first-order valence-corrected chi connectivity index (χ1v) is 11.1. The fraction of sp³-hybridized carbons (Fsp3) is 0.217. The molecule has 0 atom stereocenters. The van der Waals surface area contributed by atoms with Gasteiger partial charge in [0.2, 0.25) is 0 Å². The monoisotopic (exact) mass is 449 g/mol. The number of nitrogens with zero attached hydrogens (tertiary/aromatic N) is 3. The summed E-state index contributed by atoms with van der Waals surface area (Å²) in [7, 11) is 0. The largest absolute Gasteiger partial charge is 0.508 e. The number of pyridine rings is 1. The second-order valence-corrected chi connectivity index (χ2v) is 8.46. The zero-order valence-corrected chi connectivity index (χ0v) is 18.5. The highest BCUT2D eigenvalue weighted by atomic mass is 32.1. The molecule has 32 heavy (non-hydrogen) atoms. The van der Waals surface area contributed by atoms with Gasteiger partial charge in [-0.1, -0.05) is 6.07 Å². The van der Waals surface area contributed by atoms with Crippen molar-refractivity contribution >= 4 is 34.2 Å². The van der Waals surface area contributed by atoms with Crippen LogP contribution in [0.1, 0.15) is 40.6 Å². The summed E-state index contributed by atoms with van der Waals surface area (Å²) in [6.45, 7) is 4.56. The van der Waals surface area contributed by atoms with Crippen molar-refractivity contribution in [3.63, 3.8) is 0 Å². The van der Waals surface area contributed by atoms with Gasteiger partial charge in [0.15, 0.2) is 5.65 Å². The molecule has 0 aliphatic carbocycles. The van der Waals surface area contributed by atoms with Crippen LogP contribution in [0.2, 0.25) is 0 Å². The Labute approximate surface area is 188 Å². The van der Waals surface area contributed by atoms with Crippen LogP contribution in [0.4, 0.5) is 0 Å². The lowest BCUT2D eigenvalue weighted by Crippen LogP contribution is -2.34. The lowest BCUT2D eigenvalue weighted by atomic mass is 10.1. The summed E-state index contributed by atoms with van der Waals surface area (Å²) in [4.78, 5) is 30.9. The number of thiophene rings is 1. The summed E-state index contributed by atoms with van der Waals surface area (Å²) in [6.07, 6.45) is 1.67. The van der Waals surface area contributed by atoms with Crippen LogP contribution in [0, 0.1) is 0 Å². The highest BCUT2D eigenvalue weighted by molar-refractivity contribution is 7.13. The second kappa shape index (κ2) is 9.19. The number of amides is 2. The predicted molar refractivity (Wildman–Crippen MR) is 124 cm³/mol. The highest BCUT2D eigenvalue weighted by Crippen LogP contribution is 2.28. The Morgan fingerprint density at radius 1 is 1.09 bits per heavy atom. The van der Waals surface area contributed by atoms with E-state index >= 15 is 0 Å². The van der Waals surface area contributed by atoms with Gasteiger partial charge in [0.1, 0.15) is 5.75 Å². The maximum atomic E-state index is 13.0. The summed E-state index contributed by atoms with van der Waals surface area (Å²) in [5.74, 6) is -0.429. The number of phenolic OH excluding ortho intramolecular Hbond substituents is 1. The molecular weight excluding hydrogens is 426 g/mol. The maximum absolute atomic E-state index is 13.0. The molecular formula is C23H23N5O3S. The number of phenols is 1. The molecule has 3 aromatic heterocycles. The number of aromatic nitrogens is 3. The number of fused-ring (bicyclic) bond motifs is 1. The third-order valence-electron chi connectivity index (χ3n) is 4.90. The molecule has 9 heteroatoms. The van der Waals surface area contributed by atoms with Crippen molar-refractivity contribution < 1.29 is 14.7 Å². The van der Waals surface area contributed by atoms with E-state index in [0.717, 1.165) is 10.6 Å². The summed E-state index contributed by atoms with van der Waals surface area (Å²) in [5.41, 5.74) is 2.32. The van der Waals surface area contributed by atoms with Gasteiger partial charge in [0.05, 0.1) is 27.7 Å². The average Bonchev–Trinajstić information content (AvgIpc) is 3.46. The zero-order valence-electron chi connectivity index (χ0n) is 17.7. The van der Waals surface area contributed by atoms with Crippen molar-refractivity contribution in [2.75, 3.05) is 13.1 Å². The molecule has 0 fully saturated rings. The van der Waals surface area contributed by atoms with E-state index in [1.807, 2.05) is 31.4 Å². The Morgan fingerprint density at radius 2 is 1.81 bits per heavy atom. The van der Waals surface area contributed by atoms with Gasteiger partial charge in [-0.2, -0.15) is 5.10 Å². The van der Waals surface area contributed by atoms with Gasteiger partial charge in [0, 0.05) is 24.7 Å². The van der Waals surface area contributed by atoms with E-state index in [1.165, 1.54) is 24.3 Å². The summed E-state index contributed by atoms with van der Waals surface area (Å²) < 4.78 is 1.81. The molecule has 4 rings (SSSR count). The first-order chi connectivity index (χ1) is 15.4. The standard InChI is InChI=1S/C23H23N5O3S/c1-14(2)28-21-18(13-26-28)17(12-19(27-21)20-4-3-11-32-20)23(31)25-10-9-24-22(30)15-5-7-16(29)8-6-15/h3-8,11-14,29H,9-10H2,1-2H3,(H,24,30)(H,25,31). The molecule has 3 N–H and O–H groups in total. The molecule has 2 amide bonds. The number of benzene rings is 1. The summed E-state index contributed by atoms with van der Waals surface area (Å²) in [6, 6.07) is 11.8. The third kappa shape index (κ3) is 4.47. The highest BCUT2D eigenvalue weighted by Gasteiger charge is 2.18. The Morgan fingerprint density at radius 3 is 2.47 bits per heavy atom. The first-order valence-electron chi connectivity index (χ1n) is 10.2. The van der Waals surface area contributed by atoms with E-state index in [2.05, 4.69) is 15.7 Å². The number of nitrogens with one attached hydrogen (secondary N) is 2. The number of aromatic hydroxyl groups is 1. The van der Waals surface area contributed by atoms with Crippen molar-refractivity contribution in [1.29, 1.82) is 0 Å². The molecule has 0 saturated heterocycles. The number of rotatable bonds is 7. The molecule has 1 aromatic carbocycles. The molecule has 0 aliphatic heterocycles.